The van der Waals surface area contributed by atoms with Gasteiger partial charge >= 0.3 is 11.9 Å². The summed E-state index contributed by atoms with van der Waals surface area (Å²) in [6, 6.07) is 13.0. The van der Waals surface area contributed by atoms with Crippen LogP contribution in [-0.2, 0) is 22.4 Å². The van der Waals surface area contributed by atoms with Gasteiger partial charge in [-0.2, -0.15) is 0 Å². The number of hydrogen-bond acceptors (Lipinski definition) is 8. The summed E-state index contributed by atoms with van der Waals surface area (Å²) >= 11 is 3.42. The van der Waals surface area contributed by atoms with E-state index in [0.717, 1.165) is 58.9 Å². The van der Waals surface area contributed by atoms with E-state index in [0.29, 0.717) is 36.4 Å². The van der Waals surface area contributed by atoms with Gasteiger partial charge in [0.05, 0.1) is 10.8 Å². The number of carbonyl (C=O) groups excluding carboxylic acids is 2. The molecule has 2 aromatic heterocycles. The van der Waals surface area contributed by atoms with Gasteiger partial charge in [0, 0.05) is 45.3 Å². The number of thiophene rings is 2. The number of nitrogens with zero attached hydrogens (tertiary/aromatic N) is 2. The molecule has 0 atom stereocenters. The predicted molar refractivity (Wildman–Crippen MR) is 231 cm³/mol. The van der Waals surface area contributed by atoms with Gasteiger partial charge in [-0.3, -0.25) is 9.59 Å². The standard InChI is InChI=1S/C46H68N2O4S2/c1-31(2)47(13)25-21-33-27-53-37-19-15-17-35(39(33)37)51-41(49)45(9,10)29-43(5,6)23-24-44(7,8)30-46(11,12)42(50)52-36-18-16-20-38-40(36)34(28-54-38)22-26-48(14)32(3)4/h15-20,27-28,31-32H,21-26,29-30H2,1-14H3. The normalized spacial score (nSPS) is 13.3. The van der Waals surface area contributed by atoms with Gasteiger partial charge in [0.25, 0.3) is 0 Å². The van der Waals surface area contributed by atoms with Crippen LogP contribution in [-0.4, -0.2) is 61.0 Å². The van der Waals surface area contributed by atoms with Crippen LogP contribution < -0.4 is 9.47 Å². The van der Waals surface area contributed by atoms with E-state index in [9.17, 15) is 9.59 Å². The van der Waals surface area contributed by atoms with Crippen molar-refractivity contribution in [1.82, 2.24) is 9.80 Å². The van der Waals surface area contributed by atoms with Crippen LogP contribution in [0.1, 0.15) is 120 Å². The molecule has 0 fully saturated rings. The van der Waals surface area contributed by atoms with Crippen LogP contribution in [0.5, 0.6) is 11.5 Å². The Morgan fingerprint density at radius 1 is 0.611 bits per heavy atom. The summed E-state index contributed by atoms with van der Waals surface area (Å²) in [5, 5.41) is 6.55. The van der Waals surface area contributed by atoms with Gasteiger partial charge in [0.15, 0.2) is 0 Å². The zero-order valence-electron chi connectivity index (χ0n) is 35.8. The highest BCUT2D eigenvalue weighted by molar-refractivity contribution is 7.17. The first-order valence-electron chi connectivity index (χ1n) is 19.9. The predicted octanol–water partition coefficient (Wildman–Crippen LogP) is 12.1. The van der Waals surface area contributed by atoms with Crippen LogP contribution in [0.4, 0.5) is 0 Å². The lowest BCUT2D eigenvalue weighted by molar-refractivity contribution is -0.147. The third kappa shape index (κ3) is 11.4. The minimum absolute atomic E-state index is 0.125. The molecule has 0 spiro atoms. The Kier molecular flexibility index (Phi) is 14.3. The molecule has 0 bridgehead atoms. The SMILES string of the molecule is CC(C)N(C)CCc1csc2cccc(OC(=O)C(C)(C)CC(C)(C)CCC(C)(C)CC(C)(C)C(=O)Oc3cccc4scc(CCN(C)C(C)C)c34)c12. The van der Waals surface area contributed by atoms with Crippen molar-refractivity contribution in [3.63, 3.8) is 0 Å². The largest absolute Gasteiger partial charge is 0.425 e. The molecule has 0 amide bonds. The van der Waals surface area contributed by atoms with Crippen LogP contribution in [0.15, 0.2) is 47.2 Å². The van der Waals surface area contributed by atoms with Crippen molar-refractivity contribution in [2.45, 2.75) is 134 Å². The highest BCUT2D eigenvalue weighted by Gasteiger charge is 2.40. The molecule has 0 aliphatic rings. The minimum atomic E-state index is -0.682. The summed E-state index contributed by atoms with van der Waals surface area (Å²) in [7, 11) is 4.30. The Balaban J connectivity index is 1.38. The summed E-state index contributed by atoms with van der Waals surface area (Å²) in [5.41, 5.74) is 0.852. The van der Waals surface area contributed by atoms with Gasteiger partial charge in [0.2, 0.25) is 0 Å². The number of esters is 2. The average Bonchev–Trinajstić information content (AvgIpc) is 3.69. The van der Waals surface area contributed by atoms with E-state index in [-0.39, 0.29) is 22.8 Å². The van der Waals surface area contributed by atoms with Crippen LogP contribution in [0.25, 0.3) is 20.2 Å². The zero-order valence-corrected chi connectivity index (χ0v) is 37.4. The van der Waals surface area contributed by atoms with E-state index in [1.807, 2.05) is 52.0 Å². The molecule has 0 aliphatic carbocycles. The van der Waals surface area contributed by atoms with Crippen molar-refractivity contribution in [2.75, 3.05) is 27.2 Å². The van der Waals surface area contributed by atoms with Gasteiger partial charge < -0.3 is 19.3 Å². The molecule has 0 aliphatic heterocycles. The third-order valence-corrected chi connectivity index (χ3v) is 13.3. The number of hydrogen-bond donors (Lipinski definition) is 0. The van der Waals surface area contributed by atoms with Crippen LogP contribution in [0.2, 0.25) is 0 Å². The molecule has 4 rings (SSSR count). The lowest BCUT2D eigenvalue weighted by Gasteiger charge is -2.38. The van der Waals surface area contributed by atoms with Gasteiger partial charge in [0.1, 0.15) is 11.5 Å². The van der Waals surface area contributed by atoms with Crippen molar-refractivity contribution in [2.24, 2.45) is 21.7 Å². The fourth-order valence-corrected chi connectivity index (χ4v) is 9.78. The number of benzene rings is 2. The number of likely N-dealkylation sites (N-methyl/N-ethyl adjacent to an activating group) is 2. The number of ether oxygens (including phenoxy) is 2. The molecule has 0 saturated heterocycles. The van der Waals surface area contributed by atoms with Crippen LogP contribution in [0.3, 0.4) is 0 Å². The molecule has 8 heteroatoms. The second-order valence-electron chi connectivity index (χ2n) is 19.2. The Hall–Kier alpha value is -2.78. The monoisotopic (exact) mass is 776 g/mol. The third-order valence-electron chi connectivity index (χ3n) is 11.3. The van der Waals surface area contributed by atoms with Crippen LogP contribution >= 0.6 is 22.7 Å². The van der Waals surface area contributed by atoms with E-state index < -0.39 is 10.8 Å². The summed E-state index contributed by atoms with van der Waals surface area (Å²) < 4.78 is 14.8. The second kappa shape index (κ2) is 17.6. The highest BCUT2D eigenvalue weighted by Crippen LogP contribution is 2.45. The molecule has 0 saturated carbocycles. The molecule has 0 radical (unpaired) electrons. The van der Waals surface area contributed by atoms with E-state index in [2.05, 4.69) is 102 Å². The quantitative estimate of drug-likeness (QED) is 0.0698. The molecule has 4 aromatic rings. The van der Waals surface area contributed by atoms with Crippen molar-refractivity contribution < 1.29 is 19.1 Å². The first kappa shape index (κ1) is 43.9. The molecular formula is C46H68N2O4S2. The highest BCUT2D eigenvalue weighted by atomic mass is 32.1. The summed E-state index contributed by atoms with van der Waals surface area (Å²) in [6.45, 7) is 27.8. The van der Waals surface area contributed by atoms with Crippen molar-refractivity contribution in [1.29, 1.82) is 0 Å². The minimum Gasteiger partial charge on any atom is -0.425 e. The maximum atomic E-state index is 13.9. The number of carbonyl (C=O) groups is 2. The lowest BCUT2D eigenvalue weighted by atomic mass is 9.67. The number of rotatable bonds is 19. The first-order valence-corrected chi connectivity index (χ1v) is 21.6. The van der Waals surface area contributed by atoms with E-state index in [1.165, 1.54) is 11.1 Å². The Bertz CT molecular complexity index is 1740. The molecule has 298 valence electrons. The van der Waals surface area contributed by atoms with Gasteiger partial charge in [-0.15, -0.1) is 22.7 Å². The molecule has 6 nitrogen and oxygen atoms in total. The lowest BCUT2D eigenvalue weighted by Crippen LogP contribution is -2.36. The van der Waals surface area contributed by atoms with Gasteiger partial charge in [-0.05, 0) is 165 Å². The Morgan fingerprint density at radius 2 is 0.963 bits per heavy atom. The first-order chi connectivity index (χ1) is 25.0. The average molecular weight is 777 g/mol. The van der Waals surface area contributed by atoms with Crippen molar-refractivity contribution in [3.8, 4) is 11.5 Å². The topological polar surface area (TPSA) is 59.1 Å². The van der Waals surface area contributed by atoms with Gasteiger partial charge in [-0.25, -0.2) is 0 Å². The van der Waals surface area contributed by atoms with Crippen LogP contribution in [0, 0.1) is 21.7 Å². The fraction of sp³-hybridized carbons (Fsp3) is 0.609. The number of fused-ring (bicyclic) bond motifs is 2. The maximum Gasteiger partial charge on any atom is 0.316 e. The zero-order chi connectivity index (χ0) is 40.2. The molecule has 0 unspecified atom stereocenters. The maximum absolute atomic E-state index is 13.9. The smallest absolute Gasteiger partial charge is 0.316 e. The Labute approximate surface area is 334 Å². The second-order valence-corrected chi connectivity index (χ2v) is 21.0. The molecule has 0 N–H and O–H groups in total. The van der Waals surface area contributed by atoms with E-state index in [1.54, 1.807) is 22.7 Å². The molecular weight excluding hydrogens is 709 g/mol. The summed E-state index contributed by atoms with van der Waals surface area (Å²) in [4.78, 5) is 32.4. The van der Waals surface area contributed by atoms with Crippen molar-refractivity contribution in [3.05, 3.63) is 58.3 Å². The van der Waals surface area contributed by atoms with Gasteiger partial charge in [-0.1, -0.05) is 39.8 Å². The molecule has 54 heavy (non-hydrogen) atoms. The molecule has 2 heterocycles. The van der Waals surface area contributed by atoms with E-state index >= 15 is 0 Å². The fourth-order valence-electron chi connectivity index (χ4n) is 7.75. The summed E-state index contributed by atoms with van der Waals surface area (Å²) in [6.07, 6.45) is 5.02. The van der Waals surface area contributed by atoms with E-state index in [4.69, 9.17) is 9.47 Å². The molecule has 2 aromatic carbocycles. The summed E-state index contributed by atoms with van der Waals surface area (Å²) in [5.74, 6) is 0.927. The van der Waals surface area contributed by atoms with Crippen molar-refractivity contribution >= 4 is 54.8 Å². The Morgan fingerprint density at radius 3 is 1.30 bits per heavy atom.